The molecule has 6 nitrogen and oxygen atoms in total. The summed E-state index contributed by atoms with van der Waals surface area (Å²) in [5, 5.41) is 3.61. The number of carbonyl (C=O) groups excluding carboxylic acids is 1. The molecule has 0 spiro atoms. The third-order valence-corrected chi connectivity index (χ3v) is 6.37. The minimum atomic E-state index is -0.443. The average molecular weight is 469 g/mol. The smallest absolute Gasteiger partial charge is 0.315 e. The van der Waals surface area contributed by atoms with Crippen molar-refractivity contribution >= 4 is 22.6 Å². The molecule has 0 saturated heterocycles. The summed E-state index contributed by atoms with van der Waals surface area (Å²) < 4.78 is 1.69. The fourth-order valence-corrected chi connectivity index (χ4v) is 4.44. The number of urea groups is 1. The number of benzene rings is 3. The van der Waals surface area contributed by atoms with Gasteiger partial charge in [-0.3, -0.25) is 9.36 Å². The lowest BCUT2D eigenvalue weighted by Crippen LogP contribution is -2.40. The molecule has 1 N–H and O–H groups in total. The van der Waals surface area contributed by atoms with Crippen LogP contribution in [-0.2, 0) is 6.42 Å². The normalized spacial score (nSPS) is 11.9. The molecular weight excluding hydrogens is 436 g/mol. The van der Waals surface area contributed by atoms with Crippen LogP contribution in [0.2, 0.25) is 0 Å². The standard InChI is InChI=1S/C29H32N4O2/c1-5-19-32(29(35)31-24-16-10-7-13-20(24)3)21(4)27-30-25-17-11-9-15-23(25)28(34)33(27)26-18-12-8-14-22(26)6-2/h7-18,21H,5-6,19H2,1-4H3,(H,31,35). The van der Waals surface area contributed by atoms with Crippen molar-refractivity contribution in [2.24, 2.45) is 0 Å². The zero-order valence-corrected chi connectivity index (χ0v) is 20.8. The molecule has 1 aromatic heterocycles. The van der Waals surface area contributed by atoms with Crippen LogP contribution in [-0.4, -0.2) is 27.0 Å². The number of nitrogens with one attached hydrogen (secondary N) is 1. The van der Waals surface area contributed by atoms with Gasteiger partial charge in [0.15, 0.2) is 0 Å². The van der Waals surface area contributed by atoms with Crippen LogP contribution in [0.5, 0.6) is 0 Å². The average Bonchev–Trinajstić information content (AvgIpc) is 2.88. The molecule has 1 unspecified atom stereocenters. The number of hydrogen-bond acceptors (Lipinski definition) is 3. The van der Waals surface area contributed by atoms with E-state index >= 15 is 0 Å². The minimum absolute atomic E-state index is 0.130. The predicted molar refractivity (Wildman–Crippen MR) is 142 cm³/mol. The highest BCUT2D eigenvalue weighted by Gasteiger charge is 2.27. The molecule has 4 aromatic rings. The third kappa shape index (κ3) is 4.83. The third-order valence-electron chi connectivity index (χ3n) is 6.37. The van der Waals surface area contributed by atoms with Crippen LogP contribution in [0.4, 0.5) is 10.5 Å². The molecule has 2 amide bonds. The zero-order chi connectivity index (χ0) is 24.9. The van der Waals surface area contributed by atoms with E-state index in [9.17, 15) is 9.59 Å². The van der Waals surface area contributed by atoms with Crippen molar-refractivity contribution in [1.29, 1.82) is 0 Å². The van der Waals surface area contributed by atoms with Crippen molar-refractivity contribution < 1.29 is 4.79 Å². The molecule has 0 saturated carbocycles. The van der Waals surface area contributed by atoms with Crippen LogP contribution >= 0.6 is 0 Å². The highest BCUT2D eigenvalue weighted by molar-refractivity contribution is 5.90. The Bertz CT molecular complexity index is 1410. The second kappa shape index (κ2) is 10.6. The van der Waals surface area contributed by atoms with Crippen molar-refractivity contribution in [3.05, 3.63) is 100 Å². The Morgan fingerprint density at radius 1 is 1.00 bits per heavy atom. The highest BCUT2D eigenvalue weighted by atomic mass is 16.2. The van der Waals surface area contributed by atoms with E-state index in [1.165, 1.54) is 0 Å². The van der Waals surface area contributed by atoms with Gasteiger partial charge in [0.05, 0.1) is 22.6 Å². The fraction of sp³-hybridized carbons (Fsp3) is 0.276. The summed E-state index contributed by atoms with van der Waals surface area (Å²) in [6.45, 7) is 8.54. The van der Waals surface area contributed by atoms with Crippen molar-refractivity contribution in [2.75, 3.05) is 11.9 Å². The van der Waals surface area contributed by atoms with Gasteiger partial charge >= 0.3 is 6.03 Å². The van der Waals surface area contributed by atoms with Gasteiger partial charge in [0.25, 0.3) is 5.56 Å². The van der Waals surface area contributed by atoms with Crippen LogP contribution in [0.15, 0.2) is 77.6 Å². The van der Waals surface area contributed by atoms with Gasteiger partial charge in [-0.05, 0) is 62.1 Å². The summed E-state index contributed by atoms with van der Waals surface area (Å²) in [6, 6.07) is 22.3. The van der Waals surface area contributed by atoms with Gasteiger partial charge in [0.1, 0.15) is 5.82 Å². The lowest BCUT2D eigenvalue weighted by Gasteiger charge is -2.31. The van der Waals surface area contributed by atoms with Crippen LogP contribution < -0.4 is 10.9 Å². The molecule has 4 rings (SSSR count). The number of hydrogen-bond donors (Lipinski definition) is 1. The molecule has 0 aliphatic heterocycles. The van der Waals surface area contributed by atoms with Gasteiger partial charge < -0.3 is 10.2 Å². The first-order valence-electron chi connectivity index (χ1n) is 12.2. The van der Waals surface area contributed by atoms with E-state index < -0.39 is 6.04 Å². The van der Waals surface area contributed by atoms with E-state index in [-0.39, 0.29) is 11.6 Å². The Labute approximate surface area is 206 Å². The minimum Gasteiger partial charge on any atom is -0.315 e. The molecule has 1 atom stereocenters. The molecule has 180 valence electrons. The number of amides is 2. The topological polar surface area (TPSA) is 67.2 Å². The number of fused-ring (bicyclic) bond motifs is 1. The zero-order valence-electron chi connectivity index (χ0n) is 20.8. The predicted octanol–water partition coefficient (Wildman–Crippen LogP) is 6.26. The largest absolute Gasteiger partial charge is 0.322 e. The maximum atomic E-state index is 13.8. The van der Waals surface area contributed by atoms with Crippen molar-refractivity contribution in [3.63, 3.8) is 0 Å². The van der Waals surface area contributed by atoms with Crippen LogP contribution in [0.1, 0.15) is 50.2 Å². The molecule has 0 radical (unpaired) electrons. The van der Waals surface area contributed by atoms with Crippen LogP contribution in [0.3, 0.4) is 0 Å². The summed E-state index contributed by atoms with van der Waals surface area (Å²) in [4.78, 5) is 34.0. The molecule has 1 heterocycles. The molecule has 0 aliphatic carbocycles. The van der Waals surface area contributed by atoms with Crippen molar-refractivity contribution in [3.8, 4) is 5.69 Å². The summed E-state index contributed by atoms with van der Waals surface area (Å²) in [5.41, 5.74) is 4.10. The van der Waals surface area contributed by atoms with Crippen molar-refractivity contribution in [2.45, 2.75) is 46.6 Å². The Balaban J connectivity index is 1.87. The van der Waals surface area contributed by atoms with Gasteiger partial charge in [-0.2, -0.15) is 0 Å². The first kappa shape index (κ1) is 24.2. The van der Waals surface area contributed by atoms with E-state index in [0.29, 0.717) is 23.3 Å². The summed E-state index contributed by atoms with van der Waals surface area (Å²) >= 11 is 0. The van der Waals surface area contributed by atoms with E-state index in [4.69, 9.17) is 4.98 Å². The van der Waals surface area contributed by atoms with E-state index in [1.807, 2.05) is 87.5 Å². The molecule has 35 heavy (non-hydrogen) atoms. The number of nitrogens with zero attached hydrogens (tertiary/aromatic N) is 3. The number of para-hydroxylation sites is 3. The molecule has 0 bridgehead atoms. The highest BCUT2D eigenvalue weighted by Crippen LogP contribution is 2.26. The summed E-state index contributed by atoms with van der Waals surface area (Å²) in [6.07, 6.45) is 1.55. The van der Waals surface area contributed by atoms with Gasteiger partial charge in [-0.1, -0.05) is 62.4 Å². The SMILES string of the molecule is CCCN(C(=O)Nc1ccccc1C)C(C)c1nc2ccccc2c(=O)n1-c1ccccc1CC. The van der Waals surface area contributed by atoms with Gasteiger partial charge in [-0.15, -0.1) is 0 Å². The maximum absolute atomic E-state index is 13.8. The second-order valence-corrected chi connectivity index (χ2v) is 8.72. The number of rotatable bonds is 7. The second-order valence-electron chi connectivity index (χ2n) is 8.72. The Hall–Kier alpha value is -3.93. The quantitative estimate of drug-likeness (QED) is 0.348. The van der Waals surface area contributed by atoms with Crippen LogP contribution in [0, 0.1) is 6.92 Å². The first-order chi connectivity index (χ1) is 17.0. The van der Waals surface area contributed by atoms with Gasteiger partial charge in [-0.25, -0.2) is 9.78 Å². The van der Waals surface area contributed by atoms with E-state index in [2.05, 4.69) is 12.2 Å². The molecular formula is C29H32N4O2. The van der Waals surface area contributed by atoms with Crippen LogP contribution in [0.25, 0.3) is 16.6 Å². The number of anilines is 1. The summed E-state index contributed by atoms with van der Waals surface area (Å²) in [5.74, 6) is 0.544. The Kier molecular flexibility index (Phi) is 7.30. The van der Waals surface area contributed by atoms with Crippen molar-refractivity contribution in [1.82, 2.24) is 14.5 Å². The molecule has 6 heteroatoms. The van der Waals surface area contributed by atoms with Gasteiger partial charge in [0, 0.05) is 12.2 Å². The Morgan fingerprint density at radius 2 is 1.69 bits per heavy atom. The molecule has 0 aliphatic rings. The van der Waals surface area contributed by atoms with E-state index in [0.717, 1.165) is 35.3 Å². The van der Waals surface area contributed by atoms with Gasteiger partial charge in [0.2, 0.25) is 0 Å². The monoisotopic (exact) mass is 468 g/mol. The number of aryl methyl sites for hydroxylation is 2. The molecule has 3 aromatic carbocycles. The number of aromatic nitrogens is 2. The lowest BCUT2D eigenvalue weighted by molar-refractivity contribution is 0.189. The van der Waals surface area contributed by atoms with E-state index in [1.54, 1.807) is 15.5 Å². The maximum Gasteiger partial charge on any atom is 0.322 e. The Morgan fingerprint density at radius 3 is 2.43 bits per heavy atom. The number of carbonyl (C=O) groups is 1. The first-order valence-corrected chi connectivity index (χ1v) is 12.2. The molecule has 0 fully saturated rings. The lowest BCUT2D eigenvalue weighted by atomic mass is 10.1. The fourth-order valence-electron chi connectivity index (χ4n) is 4.44. The summed E-state index contributed by atoms with van der Waals surface area (Å²) in [7, 11) is 0.